The molecule has 5 heteroatoms. The van der Waals surface area contributed by atoms with E-state index in [1.54, 1.807) is 55.6 Å². The highest BCUT2D eigenvalue weighted by atomic mass is 16.5. The van der Waals surface area contributed by atoms with Crippen LogP contribution < -0.4 is 10.1 Å². The van der Waals surface area contributed by atoms with Gasteiger partial charge in [-0.2, -0.15) is 0 Å². The fourth-order valence-electron chi connectivity index (χ4n) is 3.21. The van der Waals surface area contributed by atoms with Gasteiger partial charge in [-0.1, -0.05) is 60.7 Å². The molecular weight excluding hydrogens is 366 g/mol. The highest BCUT2D eigenvalue weighted by Crippen LogP contribution is 2.28. The van der Waals surface area contributed by atoms with E-state index in [0.29, 0.717) is 17.0 Å². The van der Waals surface area contributed by atoms with E-state index >= 15 is 0 Å². The number of methoxy groups -OCH3 is 2. The van der Waals surface area contributed by atoms with Gasteiger partial charge in [0, 0.05) is 11.3 Å². The molecule has 1 N–H and O–H groups in total. The van der Waals surface area contributed by atoms with Crippen molar-refractivity contribution in [2.24, 2.45) is 0 Å². The van der Waals surface area contributed by atoms with Crippen molar-refractivity contribution in [3.63, 3.8) is 0 Å². The maximum Gasteiger partial charge on any atom is 0.329 e. The molecule has 29 heavy (non-hydrogen) atoms. The summed E-state index contributed by atoms with van der Waals surface area (Å²) in [6.07, 6.45) is 0. The molecule has 0 aliphatic heterocycles. The Morgan fingerprint density at radius 3 is 1.93 bits per heavy atom. The Morgan fingerprint density at radius 1 is 0.793 bits per heavy atom. The predicted molar refractivity (Wildman–Crippen MR) is 112 cm³/mol. The zero-order chi connectivity index (χ0) is 20.6. The number of carbonyl (C=O) groups excluding carboxylic acids is 2. The molecule has 0 saturated carbocycles. The van der Waals surface area contributed by atoms with Crippen molar-refractivity contribution in [3.8, 4) is 5.75 Å². The van der Waals surface area contributed by atoms with E-state index in [9.17, 15) is 9.59 Å². The molecule has 0 aliphatic carbocycles. The lowest BCUT2D eigenvalue weighted by atomic mass is 9.84. The Bertz CT molecular complexity index is 940. The molecule has 148 valence electrons. The van der Waals surface area contributed by atoms with E-state index in [0.717, 1.165) is 5.56 Å². The number of hydrogen-bond donors (Lipinski definition) is 1. The number of anilines is 1. The minimum absolute atomic E-state index is 0.159. The summed E-state index contributed by atoms with van der Waals surface area (Å²) in [7, 11) is 2.91. The van der Waals surface area contributed by atoms with Crippen LogP contribution in [0.2, 0.25) is 0 Å². The van der Waals surface area contributed by atoms with Crippen LogP contribution in [0.1, 0.15) is 21.8 Å². The average molecular weight is 389 g/mol. The van der Waals surface area contributed by atoms with Gasteiger partial charge in [0.1, 0.15) is 11.8 Å². The molecule has 0 saturated heterocycles. The molecular formula is C24H23NO4. The number of ether oxygens (including phenoxy) is 2. The summed E-state index contributed by atoms with van der Waals surface area (Å²) in [5, 5.41) is 3.18. The van der Waals surface area contributed by atoms with E-state index in [-0.39, 0.29) is 5.78 Å². The minimum Gasteiger partial charge on any atom is -0.497 e. The number of ketones is 1. The summed E-state index contributed by atoms with van der Waals surface area (Å²) in [5.74, 6) is -0.731. The lowest BCUT2D eigenvalue weighted by Crippen LogP contribution is -2.40. The molecule has 0 aromatic heterocycles. The number of esters is 1. The quantitative estimate of drug-likeness (QED) is 0.459. The number of rotatable bonds is 8. The van der Waals surface area contributed by atoms with Gasteiger partial charge < -0.3 is 14.8 Å². The number of Topliss-reactive ketones (excluding diaryl/α,β-unsaturated/α-hetero) is 1. The zero-order valence-electron chi connectivity index (χ0n) is 16.4. The maximum absolute atomic E-state index is 13.4. The molecule has 0 amide bonds. The van der Waals surface area contributed by atoms with Crippen LogP contribution in [0.25, 0.3) is 0 Å². The third kappa shape index (κ3) is 4.82. The molecule has 3 aromatic carbocycles. The fourth-order valence-corrected chi connectivity index (χ4v) is 3.21. The van der Waals surface area contributed by atoms with Crippen molar-refractivity contribution in [1.82, 2.24) is 0 Å². The number of hydrogen-bond acceptors (Lipinski definition) is 5. The lowest BCUT2D eigenvalue weighted by molar-refractivity contribution is -0.141. The molecule has 0 aliphatic rings. The van der Waals surface area contributed by atoms with Gasteiger partial charge >= 0.3 is 5.97 Å². The smallest absolute Gasteiger partial charge is 0.329 e. The van der Waals surface area contributed by atoms with Gasteiger partial charge in [0.2, 0.25) is 0 Å². The van der Waals surface area contributed by atoms with Crippen LogP contribution in [-0.4, -0.2) is 32.0 Å². The number of carbonyl (C=O) groups is 2. The molecule has 0 fully saturated rings. The van der Waals surface area contributed by atoms with Gasteiger partial charge in [-0.3, -0.25) is 4.79 Å². The van der Waals surface area contributed by atoms with E-state index in [2.05, 4.69) is 5.32 Å². The molecule has 2 unspecified atom stereocenters. The van der Waals surface area contributed by atoms with E-state index in [1.165, 1.54) is 7.11 Å². The number of benzene rings is 3. The third-order valence-corrected chi connectivity index (χ3v) is 4.70. The molecule has 5 nitrogen and oxygen atoms in total. The monoisotopic (exact) mass is 389 g/mol. The highest BCUT2D eigenvalue weighted by Gasteiger charge is 2.36. The van der Waals surface area contributed by atoms with Crippen molar-refractivity contribution in [2.45, 2.75) is 12.0 Å². The average Bonchev–Trinajstić information content (AvgIpc) is 2.79. The second-order valence-corrected chi connectivity index (χ2v) is 6.49. The van der Waals surface area contributed by atoms with Gasteiger partial charge in [-0.05, 0) is 29.8 Å². The van der Waals surface area contributed by atoms with E-state index in [1.807, 2.05) is 36.4 Å². The maximum atomic E-state index is 13.4. The van der Waals surface area contributed by atoms with Crippen molar-refractivity contribution >= 4 is 17.4 Å². The summed E-state index contributed by atoms with van der Waals surface area (Å²) >= 11 is 0. The van der Waals surface area contributed by atoms with Crippen LogP contribution in [0.15, 0.2) is 84.9 Å². The second-order valence-electron chi connectivity index (χ2n) is 6.49. The molecule has 3 aromatic rings. The molecule has 0 bridgehead atoms. The van der Waals surface area contributed by atoms with Crippen LogP contribution in [0.5, 0.6) is 5.75 Å². The van der Waals surface area contributed by atoms with Crippen LogP contribution in [0, 0.1) is 0 Å². The summed E-state index contributed by atoms with van der Waals surface area (Å²) in [6, 6.07) is 24.5. The Hall–Kier alpha value is -3.60. The largest absolute Gasteiger partial charge is 0.497 e. The SMILES string of the molecule is COC(=O)C(Nc1ccc(OC)cc1)C(C(=O)c1ccccc1)c1ccccc1. The predicted octanol–water partition coefficient (Wildman–Crippen LogP) is 4.32. The fraction of sp³-hybridized carbons (Fsp3) is 0.167. The standard InChI is InChI=1S/C24H23NO4/c1-28-20-15-13-19(14-16-20)25-22(24(27)29-2)21(17-9-5-3-6-10-17)23(26)18-11-7-4-8-12-18/h3-16,21-22,25H,1-2H3. The molecule has 0 radical (unpaired) electrons. The first-order chi connectivity index (χ1) is 14.1. The summed E-state index contributed by atoms with van der Waals surface area (Å²) in [4.78, 5) is 26.2. The van der Waals surface area contributed by atoms with Gasteiger partial charge in [0.25, 0.3) is 0 Å². The topological polar surface area (TPSA) is 64.6 Å². The molecule has 0 heterocycles. The first kappa shape index (κ1) is 20.1. The summed E-state index contributed by atoms with van der Waals surface area (Å²) < 4.78 is 10.2. The Morgan fingerprint density at radius 2 is 1.38 bits per heavy atom. The highest BCUT2D eigenvalue weighted by molar-refractivity contribution is 6.04. The normalized spacial score (nSPS) is 12.5. The summed E-state index contributed by atoms with van der Waals surface area (Å²) in [6.45, 7) is 0. The number of nitrogens with one attached hydrogen (secondary N) is 1. The third-order valence-electron chi connectivity index (χ3n) is 4.70. The Labute approximate surface area is 170 Å². The second kappa shape index (κ2) is 9.55. The van der Waals surface area contributed by atoms with Crippen molar-refractivity contribution in [3.05, 3.63) is 96.1 Å². The van der Waals surface area contributed by atoms with Crippen molar-refractivity contribution in [1.29, 1.82) is 0 Å². The van der Waals surface area contributed by atoms with E-state index in [4.69, 9.17) is 9.47 Å². The van der Waals surface area contributed by atoms with Crippen molar-refractivity contribution in [2.75, 3.05) is 19.5 Å². The minimum atomic E-state index is -0.900. The molecule has 2 atom stereocenters. The van der Waals surface area contributed by atoms with Crippen LogP contribution in [-0.2, 0) is 9.53 Å². The molecule has 3 rings (SSSR count). The lowest BCUT2D eigenvalue weighted by Gasteiger charge is -2.26. The van der Waals surface area contributed by atoms with Crippen LogP contribution >= 0.6 is 0 Å². The van der Waals surface area contributed by atoms with Gasteiger partial charge in [0.05, 0.1) is 20.1 Å². The summed E-state index contributed by atoms with van der Waals surface area (Å²) in [5.41, 5.74) is 1.95. The van der Waals surface area contributed by atoms with Gasteiger partial charge in [-0.15, -0.1) is 0 Å². The first-order valence-corrected chi connectivity index (χ1v) is 9.26. The van der Waals surface area contributed by atoms with Crippen LogP contribution in [0.3, 0.4) is 0 Å². The molecule has 0 spiro atoms. The van der Waals surface area contributed by atoms with Gasteiger partial charge in [0.15, 0.2) is 5.78 Å². The Kier molecular flexibility index (Phi) is 6.63. The van der Waals surface area contributed by atoms with Crippen molar-refractivity contribution < 1.29 is 19.1 Å². The first-order valence-electron chi connectivity index (χ1n) is 9.26. The Balaban J connectivity index is 2.02. The zero-order valence-corrected chi connectivity index (χ0v) is 16.4. The van der Waals surface area contributed by atoms with Gasteiger partial charge in [-0.25, -0.2) is 4.79 Å². The van der Waals surface area contributed by atoms with E-state index < -0.39 is 17.9 Å². The van der Waals surface area contributed by atoms with Crippen LogP contribution in [0.4, 0.5) is 5.69 Å².